The highest BCUT2D eigenvalue weighted by molar-refractivity contribution is 6.32. The molecule has 0 bridgehead atoms. The van der Waals surface area contributed by atoms with Crippen LogP contribution < -0.4 is 0 Å². The van der Waals surface area contributed by atoms with Gasteiger partial charge in [0.2, 0.25) is 0 Å². The molecule has 0 aliphatic heterocycles. The van der Waals surface area contributed by atoms with E-state index >= 15 is 0 Å². The second kappa shape index (κ2) is 4.53. The van der Waals surface area contributed by atoms with E-state index in [0.29, 0.717) is 11.4 Å². The van der Waals surface area contributed by atoms with Crippen LogP contribution in [0.5, 0.6) is 5.75 Å². The number of aliphatic carboxylic acids is 1. The first-order chi connectivity index (χ1) is 6.91. The van der Waals surface area contributed by atoms with Crippen molar-refractivity contribution in [3.8, 4) is 5.75 Å². The number of benzene rings is 1. The molecule has 2 N–H and O–H groups in total. The molecule has 0 aliphatic rings. The number of aryl methyl sites for hydroxylation is 1. The Hall–Kier alpha value is -1.22. The Morgan fingerprint density at radius 3 is 2.67 bits per heavy atom. The SMILES string of the molecule is Cc1cc(Cl)c(O)cc1CC(C)C(=O)O. The highest BCUT2D eigenvalue weighted by atomic mass is 35.5. The van der Waals surface area contributed by atoms with Crippen molar-refractivity contribution >= 4 is 17.6 Å². The molecule has 1 rings (SSSR count). The number of halogens is 1. The Kier molecular flexibility index (Phi) is 3.58. The molecule has 0 fully saturated rings. The molecule has 0 aliphatic carbocycles. The zero-order chi connectivity index (χ0) is 11.6. The van der Waals surface area contributed by atoms with Gasteiger partial charge in [0.05, 0.1) is 10.9 Å². The van der Waals surface area contributed by atoms with Crippen LogP contribution in [0.15, 0.2) is 12.1 Å². The van der Waals surface area contributed by atoms with E-state index in [2.05, 4.69) is 0 Å². The molecule has 1 aromatic carbocycles. The summed E-state index contributed by atoms with van der Waals surface area (Å²) in [4.78, 5) is 10.7. The summed E-state index contributed by atoms with van der Waals surface area (Å²) in [6.07, 6.45) is 0.395. The number of aromatic hydroxyl groups is 1. The van der Waals surface area contributed by atoms with E-state index in [4.69, 9.17) is 16.7 Å². The Labute approximate surface area is 93.3 Å². The lowest BCUT2D eigenvalue weighted by Gasteiger charge is -2.10. The molecule has 0 amide bonds. The molecule has 0 spiro atoms. The molecule has 0 saturated heterocycles. The predicted molar refractivity (Wildman–Crippen MR) is 58.4 cm³/mol. The minimum Gasteiger partial charge on any atom is -0.506 e. The van der Waals surface area contributed by atoms with E-state index in [9.17, 15) is 9.90 Å². The summed E-state index contributed by atoms with van der Waals surface area (Å²) in [6, 6.07) is 3.16. The molecular weight excluding hydrogens is 216 g/mol. The fourth-order valence-electron chi connectivity index (χ4n) is 1.34. The third-order valence-corrected chi connectivity index (χ3v) is 2.66. The van der Waals surface area contributed by atoms with Gasteiger partial charge >= 0.3 is 5.97 Å². The number of hydrogen-bond acceptors (Lipinski definition) is 2. The number of carbonyl (C=O) groups is 1. The first-order valence-electron chi connectivity index (χ1n) is 4.62. The first-order valence-corrected chi connectivity index (χ1v) is 5.00. The Morgan fingerprint density at radius 1 is 1.53 bits per heavy atom. The lowest BCUT2D eigenvalue weighted by molar-refractivity contribution is -0.141. The summed E-state index contributed by atoms with van der Waals surface area (Å²) in [6.45, 7) is 3.47. The topological polar surface area (TPSA) is 57.5 Å². The summed E-state index contributed by atoms with van der Waals surface area (Å²) in [7, 11) is 0. The molecule has 0 radical (unpaired) electrons. The van der Waals surface area contributed by atoms with E-state index in [-0.39, 0.29) is 5.75 Å². The molecule has 15 heavy (non-hydrogen) atoms. The summed E-state index contributed by atoms with van der Waals surface area (Å²) >= 11 is 5.72. The van der Waals surface area contributed by atoms with Crippen molar-refractivity contribution < 1.29 is 15.0 Å². The van der Waals surface area contributed by atoms with Crippen molar-refractivity contribution in [2.24, 2.45) is 5.92 Å². The molecule has 1 unspecified atom stereocenters. The highest BCUT2D eigenvalue weighted by Crippen LogP contribution is 2.28. The number of carboxylic acid groups (broad SMARTS) is 1. The number of rotatable bonds is 3. The number of phenols is 1. The van der Waals surface area contributed by atoms with Crippen molar-refractivity contribution in [3.63, 3.8) is 0 Å². The third kappa shape index (κ3) is 2.86. The second-order valence-electron chi connectivity index (χ2n) is 3.67. The van der Waals surface area contributed by atoms with Crippen molar-refractivity contribution in [1.82, 2.24) is 0 Å². The largest absolute Gasteiger partial charge is 0.506 e. The maximum absolute atomic E-state index is 10.7. The highest BCUT2D eigenvalue weighted by Gasteiger charge is 2.14. The van der Waals surface area contributed by atoms with Gasteiger partial charge in [-0.05, 0) is 36.6 Å². The van der Waals surface area contributed by atoms with E-state index in [0.717, 1.165) is 11.1 Å². The lowest BCUT2D eigenvalue weighted by atomic mass is 9.97. The summed E-state index contributed by atoms with van der Waals surface area (Å²) in [5.74, 6) is -1.32. The van der Waals surface area contributed by atoms with Crippen LogP contribution in [0.1, 0.15) is 18.1 Å². The zero-order valence-corrected chi connectivity index (χ0v) is 9.38. The molecule has 0 saturated carbocycles. The average molecular weight is 229 g/mol. The predicted octanol–water partition coefficient (Wildman–Crippen LogP) is 2.62. The third-order valence-electron chi connectivity index (χ3n) is 2.35. The normalized spacial score (nSPS) is 12.5. The van der Waals surface area contributed by atoms with E-state index < -0.39 is 11.9 Å². The van der Waals surface area contributed by atoms with Gasteiger partial charge in [0.15, 0.2) is 0 Å². The van der Waals surface area contributed by atoms with E-state index in [1.165, 1.54) is 6.07 Å². The molecule has 4 heteroatoms. The van der Waals surface area contributed by atoms with E-state index in [1.807, 2.05) is 6.92 Å². The van der Waals surface area contributed by atoms with Crippen LogP contribution in [-0.2, 0) is 11.2 Å². The van der Waals surface area contributed by atoms with Crippen molar-refractivity contribution in [2.75, 3.05) is 0 Å². The van der Waals surface area contributed by atoms with Crippen LogP contribution in [0, 0.1) is 12.8 Å². The molecule has 1 atom stereocenters. The lowest BCUT2D eigenvalue weighted by Crippen LogP contribution is -2.12. The van der Waals surface area contributed by atoms with Gasteiger partial charge in [-0.25, -0.2) is 0 Å². The number of phenolic OH excluding ortho intramolecular Hbond substituents is 1. The van der Waals surface area contributed by atoms with Crippen LogP contribution in [0.25, 0.3) is 0 Å². The van der Waals surface area contributed by atoms with Crippen LogP contribution in [0.2, 0.25) is 5.02 Å². The Balaban J connectivity index is 2.95. The molecule has 1 aromatic rings. The second-order valence-corrected chi connectivity index (χ2v) is 4.08. The van der Waals surface area contributed by atoms with Crippen molar-refractivity contribution in [3.05, 3.63) is 28.3 Å². The summed E-state index contributed by atoms with van der Waals surface area (Å²) in [5.41, 5.74) is 1.71. The van der Waals surface area contributed by atoms with Gasteiger partial charge in [0.1, 0.15) is 5.75 Å². The fourth-order valence-corrected chi connectivity index (χ4v) is 1.56. The van der Waals surface area contributed by atoms with Crippen molar-refractivity contribution in [1.29, 1.82) is 0 Å². The molecule has 0 heterocycles. The quantitative estimate of drug-likeness (QED) is 0.836. The van der Waals surface area contributed by atoms with Gasteiger partial charge in [-0.2, -0.15) is 0 Å². The van der Waals surface area contributed by atoms with Crippen LogP contribution >= 0.6 is 11.6 Å². The monoisotopic (exact) mass is 228 g/mol. The first kappa shape index (κ1) is 11.9. The van der Waals surface area contributed by atoms with Crippen molar-refractivity contribution in [2.45, 2.75) is 20.3 Å². The van der Waals surface area contributed by atoms with Crippen LogP contribution in [0.3, 0.4) is 0 Å². The molecule has 3 nitrogen and oxygen atoms in total. The van der Waals surface area contributed by atoms with Crippen LogP contribution in [-0.4, -0.2) is 16.2 Å². The minimum absolute atomic E-state index is 0.00476. The zero-order valence-electron chi connectivity index (χ0n) is 8.62. The maximum Gasteiger partial charge on any atom is 0.306 e. The maximum atomic E-state index is 10.7. The average Bonchev–Trinajstić information content (AvgIpc) is 2.13. The molecule has 0 aromatic heterocycles. The van der Waals surface area contributed by atoms with Gasteiger partial charge < -0.3 is 10.2 Å². The standard InChI is InChI=1S/C11H13ClO3/c1-6-4-9(12)10(13)5-8(6)3-7(2)11(14)15/h4-5,7,13H,3H2,1-2H3,(H,14,15). The Morgan fingerprint density at radius 2 is 2.13 bits per heavy atom. The number of carboxylic acids is 1. The van der Waals surface area contributed by atoms with Gasteiger partial charge in [-0.15, -0.1) is 0 Å². The molecule has 82 valence electrons. The van der Waals surface area contributed by atoms with Gasteiger partial charge in [-0.3, -0.25) is 4.79 Å². The molecular formula is C11H13ClO3. The minimum atomic E-state index is -0.844. The summed E-state index contributed by atoms with van der Waals surface area (Å²) < 4.78 is 0. The van der Waals surface area contributed by atoms with Gasteiger partial charge in [0.25, 0.3) is 0 Å². The Bertz CT molecular complexity index is 388. The smallest absolute Gasteiger partial charge is 0.306 e. The van der Waals surface area contributed by atoms with Gasteiger partial charge in [-0.1, -0.05) is 18.5 Å². The van der Waals surface area contributed by atoms with E-state index in [1.54, 1.807) is 13.0 Å². The number of hydrogen-bond donors (Lipinski definition) is 2. The van der Waals surface area contributed by atoms with Gasteiger partial charge in [0, 0.05) is 0 Å². The van der Waals surface area contributed by atoms with Crippen LogP contribution in [0.4, 0.5) is 0 Å². The fraction of sp³-hybridized carbons (Fsp3) is 0.364. The summed E-state index contributed by atoms with van der Waals surface area (Å²) in [5, 5.41) is 18.5.